The number of methoxy groups -OCH3 is 2. The van der Waals surface area contributed by atoms with Gasteiger partial charge in [-0.1, -0.05) is 6.07 Å². The summed E-state index contributed by atoms with van der Waals surface area (Å²) in [6.07, 6.45) is 0. The molecule has 0 spiro atoms. The van der Waals surface area contributed by atoms with Crippen LogP contribution in [0, 0.1) is 12.7 Å². The van der Waals surface area contributed by atoms with Crippen LogP contribution in [0.25, 0.3) is 0 Å². The highest BCUT2D eigenvalue weighted by molar-refractivity contribution is 7.89. The van der Waals surface area contributed by atoms with Crippen molar-refractivity contribution >= 4 is 33.4 Å². The second-order valence-electron chi connectivity index (χ2n) is 4.70. The fraction of sp³-hybridized carbons (Fsp3) is 0.200. The van der Waals surface area contributed by atoms with Crippen LogP contribution in [0.4, 0.5) is 4.39 Å². The summed E-state index contributed by atoms with van der Waals surface area (Å²) >= 11 is 0.511. The molecule has 0 unspecified atom stereocenters. The van der Waals surface area contributed by atoms with Gasteiger partial charge in [-0.25, -0.2) is 14.0 Å². The number of thiophene rings is 1. The predicted octanol–water partition coefficient (Wildman–Crippen LogP) is 2.54. The number of esters is 2. The first-order valence-electron chi connectivity index (χ1n) is 6.71. The van der Waals surface area contributed by atoms with E-state index in [9.17, 15) is 22.4 Å². The second-order valence-corrected chi connectivity index (χ2v) is 7.46. The van der Waals surface area contributed by atoms with Crippen molar-refractivity contribution in [3.05, 3.63) is 46.1 Å². The number of benzene rings is 1. The van der Waals surface area contributed by atoms with Gasteiger partial charge in [0.15, 0.2) is 4.21 Å². The zero-order chi connectivity index (χ0) is 18.8. The molecule has 0 aliphatic heterocycles. The molecule has 1 aromatic carbocycles. The molecular formula is C15H13FO7S2. The lowest BCUT2D eigenvalue weighted by atomic mass is 10.2. The maximum Gasteiger partial charge on any atom is 0.349 e. The molecule has 0 N–H and O–H groups in total. The highest BCUT2D eigenvalue weighted by Gasteiger charge is 2.34. The summed E-state index contributed by atoms with van der Waals surface area (Å²) in [5.74, 6) is -2.73. The molecule has 0 radical (unpaired) electrons. The van der Waals surface area contributed by atoms with Gasteiger partial charge in [-0.15, -0.1) is 11.3 Å². The van der Waals surface area contributed by atoms with Crippen molar-refractivity contribution in [1.82, 2.24) is 0 Å². The van der Waals surface area contributed by atoms with E-state index >= 15 is 0 Å². The molecule has 0 aliphatic carbocycles. The van der Waals surface area contributed by atoms with E-state index in [1.807, 2.05) is 0 Å². The van der Waals surface area contributed by atoms with Gasteiger partial charge in [-0.05, 0) is 24.6 Å². The molecule has 0 fully saturated rings. The molecule has 2 aromatic rings. The van der Waals surface area contributed by atoms with Crippen LogP contribution >= 0.6 is 11.3 Å². The third-order valence-corrected chi connectivity index (χ3v) is 6.10. The fourth-order valence-corrected chi connectivity index (χ4v) is 4.60. The Kier molecular flexibility index (Phi) is 5.43. The molecule has 134 valence electrons. The summed E-state index contributed by atoms with van der Waals surface area (Å²) < 4.78 is 51.8. The van der Waals surface area contributed by atoms with Gasteiger partial charge in [-0.3, -0.25) is 0 Å². The number of hydrogen-bond acceptors (Lipinski definition) is 8. The van der Waals surface area contributed by atoms with Crippen molar-refractivity contribution < 1.29 is 36.1 Å². The second kappa shape index (κ2) is 7.19. The molecule has 0 atom stereocenters. The van der Waals surface area contributed by atoms with Gasteiger partial charge >= 0.3 is 22.1 Å². The Balaban J connectivity index is 2.59. The zero-order valence-electron chi connectivity index (χ0n) is 13.4. The maximum absolute atomic E-state index is 13.2. The van der Waals surface area contributed by atoms with E-state index in [1.165, 1.54) is 19.1 Å². The van der Waals surface area contributed by atoms with Gasteiger partial charge in [0.05, 0.1) is 19.8 Å². The van der Waals surface area contributed by atoms with E-state index in [-0.39, 0.29) is 21.8 Å². The SMILES string of the molecule is COC(=O)c1sc(S(=O)(=O)Oc2cccc(F)c2)c(C(=O)OC)c1C. The van der Waals surface area contributed by atoms with Crippen LogP contribution in [0.1, 0.15) is 25.6 Å². The minimum Gasteiger partial charge on any atom is -0.465 e. The number of halogens is 1. The van der Waals surface area contributed by atoms with Crippen molar-refractivity contribution in [3.63, 3.8) is 0 Å². The van der Waals surface area contributed by atoms with Gasteiger partial charge in [0.25, 0.3) is 0 Å². The average Bonchev–Trinajstić information content (AvgIpc) is 2.91. The summed E-state index contributed by atoms with van der Waals surface area (Å²) in [6, 6.07) is 4.49. The molecule has 0 amide bonds. The molecule has 0 aliphatic rings. The lowest BCUT2D eigenvalue weighted by Crippen LogP contribution is -2.14. The predicted molar refractivity (Wildman–Crippen MR) is 85.9 cm³/mol. The van der Waals surface area contributed by atoms with Gasteiger partial charge in [0, 0.05) is 6.07 Å². The number of ether oxygens (including phenoxy) is 2. The minimum atomic E-state index is -4.52. The fourth-order valence-electron chi connectivity index (χ4n) is 1.97. The van der Waals surface area contributed by atoms with Gasteiger partial charge < -0.3 is 13.7 Å². The van der Waals surface area contributed by atoms with Crippen molar-refractivity contribution in [1.29, 1.82) is 0 Å². The molecule has 0 saturated heterocycles. The largest absolute Gasteiger partial charge is 0.465 e. The van der Waals surface area contributed by atoms with Crippen LogP contribution in [0.5, 0.6) is 5.75 Å². The number of carbonyl (C=O) groups excluding carboxylic acids is 2. The van der Waals surface area contributed by atoms with E-state index in [0.29, 0.717) is 11.3 Å². The molecule has 0 bridgehead atoms. The average molecular weight is 388 g/mol. The Morgan fingerprint density at radius 1 is 1.12 bits per heavy atom. The van der Waals surface area contributed by atoms with Crippen molar-refractivity contribution in [2.75, 3.05) is 14.2 Å². The lowest BCUT2D eigenvalue weighted by Gasteiger charge is -2.07. The van der Waals surface area contributed by atoms with E-state index in [0.717, 1.165) is 26.4 Å². The lowest BCUT2D eigenvalue weighted by molar-refractivity contribution is 0.0596. The van der Waals surface area contributed by atoms with E-state index < -0.39 is 32.1 Å². The van der Waals surface area contributed by atoms with Gasteiger partial charge in [0.1, 0.15) is 16.4 Å². The summed E-state index contributed by atoms with van der Waals surface area (Å²) in [5.41, 5.74) is -0.241. The topological polar surface area (TPSA) is 96.0 Å². The van der Waals surface area contributed by atoms with Crippen LogP contribution < -0.4 is 4.18 Å². The van der Waals surface area contributed by atoms with Crippen LogP contribution in [0.15, 0.2) is 28.5 Å². The number of carbonyl (C=O) groups is 2. The monoisotopic (exact) mass is 388 g/mol. The third-order valence-electron chi connectivity index (χ3n) is 3.10. The maximum atomic E-state index is 13.2. The Hall–Kier alpha value is -2.46. The van der Waals surface area contributed by atoms with Crippen molar-refractivity contribution in [2.24, 2.45) is 0 Å². The highest BCUT2D eigenvalue weighted by atomic mass is 32.3. The standard InChI is InChI=1S/C15H13FO7S2/c1-8-11(13(17)21-2)15(24-12(8)14(18)22-3)25(19,20)23-10-6-4-5-9(16)7-10/h4-7H,1-3H3. The van der Waals surface area contributed by atoms with E-state index in [2.05, 4.69) is 9.47 Å². The van der Waals surface area contributed by atoms with Crippen LogP contribution in [-0.4, -0.2) is 34.6 Å². The van der Waals surface area contributed by atoms with E-state index in [4.69, 9.17) is 4.18 Å². The first kappa shape index (κ1) is 18.9. The Bertz CT molecular complexity index is 931. The first-order chi connectivity index (χ1) is 11.7. The highest BCUT2D eigenvalue weighted by Crippen LogP contribution is 2.34. The van der Waals surface area contributed by atoms with Crippen molar-refractivity contribution in [3.8, 4) is 5.75 Å². The Morgan fingerprint density at radius 2 is 1.76 bits per heavy atom. The minimum absolute atomic E-state index is 0.0793. The van der Waals surface area contributed by atoms with Gasteiger partial charge in [0.2, 0.25) is 0 Å². The smallest absolute Gasteiger partial charge is 0.349 e. The molecule has 1 heterocycles. The molecule has 1 aromatic heterocycles. The first-order valence-corrected chi connectivity index (χ1v) is 8.93. The van der Waals surface area contributed by atoms with Crippen LogP contribution in [0.2, 0.25) is 0 Å². The quantitative estimate of drug-likeness (QED) is 0.574. The number of rotatable bonds is 5. The summed E-state index contributed by atoms with van der Waals surface area (Å²) in [6.45, 7) is 1.39. The molecule has 7 nitrogen and oxygen atoms in total. The summed E-state index contributed by atoms with van der Waals surface area (Å²) in [7, 11) is -2.32. The van der Waals surface area contributed by atoms with E-state index in [1.54, 1.807) is 0 Å². The molecule has 10 heteroatoms. The zero-order valence-corrected chi connectivity index (χ0v) is 15.0. The summed E-state index contributed by atoms with van der Waals surface area (Å²) in [5, 5.41) is 0. The van der Waals surface area contributed by atoms with Crippen LogP contribution in [-0.2, 0) is 19.6 Å². The third kappa shape index (κ3) is 3.80. The molecule has 25 heavy (non-hydrogen) atoms. The Labute approximate surface area is 147 Å². The molecule has 2 rings (SSSR count). The van der Waals surface area contributed by atoms with Crippen molar-refractivity contribution in [2.45, 2.75) is 11.1 Å². The molecule has 0 saturated carbocycles. The Morgan fingerprint density at radius 3 is 2.32 bits per heavy atom. The number of hydrogen-bond donors (Lipinski definition) is 0. The molecular weight excluding hydrogens is 375 g/mol. The van der Waals surface area contributed by atoms with Crippen LogP contribution in [0.3, 0.4) is 0 Å². The normalized spacial score (nSPS) is 11.0. The van der Waals surface area contributed by atoms with Gasteiger partial charge in [-0.2, -0.15) is 8.42 Å². The summed E-state index contributed by atoms with van der Waals surface area (Å²) in [4.78, 5) is 23.7.